The Morgan fingerprint density at radius 2 is 2.03 bits per heavy atom. The lowest BCUT2D eigenvalue weighted by Gasteiger charge is -2.34. The Balaban J connectivity index is 1.58. The van der Waals surface area contributed by atoms with Crippen LogP contribution in [0, 0.1) is 6.92 Å². The molecule has 1 fully saturated rings. The number of thiazole rings is 1. The van der Waals surface area contributed by atoms with Crippen LogP contribution >= 0.6 is 11.3 Å². The van der Waals surface area contributed by atoms with Crippen molar-refractivity contribution in [2.75, 3.05) is 6.54 Å². The number of hydrogen-bond donors (Lipinski definition) is 2. The number of nitrogens with zero attached hydrogens (tertiary/aromatic N) is 1. The van der Waals surface area contributed by atoms with Crippen LogP contribution in [-0.2, 0) is 6.54 Å². The molecule has 2 aromatic carbocycles. The van der Waals surface area contributed by atoms with Crippen LogP contribution in [0.25, 0.3) is 10.2 Å². The van der Waals surface area contributed by atoms with Crippen molar-refractivity contribution in [2.45, 2.75) is 44.8 Å². The van der Waals surface area contributed by atoms with Crippen molar-refractivity contribution in [1.29, 1.82) is 0 Å². The van der Waals surface area contributed by atoms with Gasteiger partial charge in [-0.25, -0.2) is 4.98 Å². The normalized spacial score (nSPS) is 20.1. The molecular formula is C21H22F3N3OS. The smallest absolute Gasteiger partial charge is 0.405 e. The molecule has 1 saturated heterocycles. The van der Waals surface area contributed by atoms with Gasteiger partial charge in [-0.3, -0.25) is 0 Å². The van der Waals surface area contributed by atoms with Gasteiger partial charge in [0.2, 0.25) is 0 Å². The van der Waals surface area contributed by atoms with E-state index in [-0.39, 0.29) is 24.4 Å². The molecule has 2 atom stereocenters. The Kier molecular flexibility index (Phi) is 5.76. The van der Waals surface area contributed by atoms with E-state index in [0.29, 0.717) is 15.8 Å². The number of alkyl halides is 3. The second kappa shape index (κ2) is 8.30. The predicted octanol–water partition coefficient (Wildman–Crippen LogP) is 5.09. The highest BCUT2D eigenvalue weighted by Gasteiger charge is 2.33. The molecule has 3 aromatic rings. The van der Waals surface area contributed by atoms with E-state index in [1.165, 1.54) is 23.0 Å². The molecule has 4 rings (SSSR count). The van der Waals surface area contributed by atoms with Gasteiger partial charge in [0.25, 0.3) is 0 Å². The molecule has 0 spiro atoms. The van der Waals surface area contributed by atoms with Crippen LogP contribution < -0.4 is 15.4 Å². The van der Waals surface area contributed by atoms with Crippen LogP contribution in [0.5, 0.6) is 5.75 Å². The molecule has 8 heteroatoms. The number of fused-ring (bicyclic) bond motifs is 1. The average molecular weight is 421 g/mol. The fourth-order valence-electron chi connectivity index (χ4n) is 3.83. The van der Waals surface area contributed by atoms with Crippen molar-refractivity contribution in [3.63, 3.8) is 0 Å². The number of aromatic nitrogens is 1. The van der Waals surface area contributed by atoms with Gasteiger partial charge >= 0.3 is 6.36 Å². The lowest BCUT2D eigenvalue weighted by atomic mass is 9.92. The minimum absolute atomic E-state index is 0.109. The Hall–Kier alpha value is -2.16. The summed E-state index contributed by atoms with van der Waals surface area (Å²) in [4.78, 5) is 4.41. The minimum Gasteiger partial charge on any atom is -0.405 e. The fraction of sp³-hybridized carbons (Fsp3) is 0.381. The standard InChI is InChI=1S/C21H22F3N3OS/c1-13-27-17-10-15(18(11-19(17)29-13)28-21(22,23)24)12-26-16-8-5-9-25-20(16)14-6-3-2-4-7-14/h2-4,6-7,10-11,16,20,25-26H,5,8-9,12H2,1H3. The lowest BCUT2D eigenvalue weighted by molar-refractivity contribution is -0.274. The van der Waals surface area contributed by atoms with E-state index in [1.807, 2.05) is 25.1 Å². The third-order valence-corrected chi connectivity index (χ3v) is 6.01. The first-order valence-corrected chi connectivity index (χ1v) is 10.4. The predicted molar refractivity (Wildman–Crippen MR) is 108 cm³/mol. The van der Waals surface area contributed by atoms with Gasteiger partial charge in [0, 0.05) is 30.3 Å². The summed E-state index contributed by atoms with van der Waals surface area (Å²) in [5, 5.41) is 7.78. The number of ether oxygens (including phenoxy) is 1. The summed E-state index contributed by atoms with van der Waals surface area (Å²) in [6.07, 6.45) is -2.78. The Morgan fingerprint density at radius 3 is 2.79 bits per heavy atom. The summed E-state index contributed by atoms with van der Waals surface area (Å²) < 4.78 is 43.8. The molecule has 2 heterocycles. The van der Waals surface area contributed by atoms with Crippen molar-refractivity contribution in [2.24, 2.45) is 0 Å². The number of rotatable bonds is 5. The average Bonchev–Trinajstić information content (AvgIpc) is 3.04. The number of hydrogen-bond acceptors (Lipinski definition) is 5. The van der Waals surface area contributed by atoms with Gasteiger partial charge in [0.15, 0.2) is 0 Å². The fourth-order valence-corrected chi connectivity index (χ4v) is 4.67. The van der Waals surface area contributed by atoms with E-state index in [9.17, 15) is 13.2 Å². The van der Waals surface area contributed by atoms with Gasteiger partial charge in [-0.1, -0.05) is 30.3 Å². The summed E-state index contributed by atoms with van der Waals surface area (Å²) in [6, 6.07) is 13.5. The van der Waals surface area contributed by atoms with Crippen molar-refractivity contribution < 1.29 is 17.9 Å². The molecule has 154 valence electrons. The quantitative estimate of drug-likeness (QED) is 0.603. The molecule has 4 nitrogen and oxygen atoms in total. The van der Waals surface area contributed by atoms with E-state index in [0.717, 1.165) is 24.4 Å². The highest BCUT2D eigenvalue weighted by molar-refractivity contribution is 7.18. The molecule has 0 saturated carbocycles. The number of benzene rings is 2. The first kappa shape index (κ1) is 20.1. The first-order chi connectivity index (χ1) is 13.9. The summed E-state index contributed by atoms with van der Waals surface area (Å²) in [5.74, 6) is -0.166. The molecule has 0 amide bonds. The zero-order valence-corrected chi connectivity index (χ0v) is 16.7. The Bertz CT molecular complexity index is 974. The maximum absolute atomic E-state index is 12.9. The second-order valence-electron chi connectivity index (χ2n) is 7.18. The van der Waals surface area contributed by atoms with Crippen LogP contribution in [0.2, 0.25) is 0 Å². The van der Waals surface area contributed by atoms with E-state index in [1.54, 1.807) is 6.07 Å². The SMILES string of the molecule is Cc1nc2cc(CNC3CCCNC3c3ccccc3)c(OC(F)(F)F)cc2s1. The highest BCUT2D eigenvalue weighted by Crippen LogP contribution is 2.33. The molecule has 0 aliphatic carbocycles. The number of nitrogens with one attached hydrogen (secondary N) is 2. The molecule has 1 aromatic heterocycles. The van der Waals surface area contributed by atoms with Crippen molar-refractivity contribution >= 4 is 21.6 Å². The summed E-state index contributed by atoms with van der Waals surface area (Å²) >= 11 is 1.36. The Labute approximate surface area is 171 Å². The van der Waals surface area contributed by atoms with Crippen LogP contribution in [0.15, 0.2) is 42.5 Å². The maximum atomic E-state index is 12.9. The van der Waals surface area contributed by atoms with Crippen molar-refractivity contribution in [3.05, 3.63) is 58.6 Å². The largest absolute Gasteiger partial charge is 0.573 e. The third-order valence-electron chi connectivity index (χ3n) is 5.08. The molecule has 1 aliphatic heterocycles. The third kappa shape index (κ3) is 4.88. The monoisotopic (exact) mass is 421 g/mol. The molecule has 2 unspecified atom stereocenters. The molecule has 29 heavy (non-hydrogen) atoms. The van der Waals surface area contributed by atoms with Crippen molar-refractivity contribution in [3.8, 4) is 5.75 Å². The molecule has 2 N–H and O–H groups in total. The van der Waals surface area contributed by atoms with E-state index in [4.69, 9.17) is 0 Å². The number of piperidine rings is 1. The zero-order valence-electron chi connectivity index (χ0n) is 15.9. The highest BCUT2D eigenvalue weighted by atomic mass is 32.1. The molecular weight excluding hydrogens is 399 g/mol. The van der Waals surface area contributed by atoms with Gasteiger partial charge in [-0.15, -0.1) is 24.5 Å². The summed E-state index contributed by atoms with van der Waals surface area (Å²) in [6.45, 7) is 3.03. The number of aryl methyl sites for hydroxylation is 1. The molecule has 0 bridgehead atoms. The topological polar surface area (TPSA) is 46.2 Å². The van der Waals surface area contributed by atoms with Crippen molar-refractivity contribution in [1.82, 2.24) is 15.6 Å². The van der Waals surface area contributed by atoms with Crippen LogP contribution in [0.1, 0.15) is 35.0 Å². The van der Waals surface area contributed by atoms with Crippen LogP contribution in [0.3, 0.4) is 0 Å². The summed E-state index contributed by atoms with van der Waals surface area (Å²) in [7, 11) is 0. The summed E-state index contributed by atoms with van der Waals surface area (Å²) in [5.41, 5.74) is 2.32. The molecule has 1 aliphatic rings. The van der Waals surface area contributed by atoms with Gasteiger partial charge in [0.05, 0.1) is 15.2 Å². The number of halogens is 3. The first-order valence-electron chi connectivity index (χ1n) is 9.56. The lowest BCUT2D eigenvalue weighted by Crippen LogP contribution is -2.45. The minimum atomic E-state index is -4.73. The van der Waals surface area contributed by atoms with Gasteiger partial charge in [-0.2, -0.15) is 0 Å². The Morgan fingerprint density at radius 1 is 1.24 bits per heavy atom. The van der Waals surface area contributed by atoms with Gasteiger partial charge in [0.1, 0.15) is 5.75 Å². The molecule has 0 radical (unpaired) electrons. The van der Waals surface area contributed by atoms with Crippen LogP contribution in [-0.4, -0.2) is 23.9 Å². The second-order valence-corrected chi connectivity index (χ2v) is 8.42. The zero-order chi connectivity index (χ0) is 20.4. The van der Waals surface area contributed by atoms with Gasteiger partial charge < -0.3 is 15.4 Å². The maximum Gasteiger partial charge on any atom is 0.573 e. The van der Waals surface area contributed by atoms with E-state index in [2.05, 4.69) is 32.5 Å². The van der Waals surface area contributed by atoms with E-state index < -0.39 is 6.36 Å². The van der Waals surface area contributed by atoms with E-state index >= 15 is 0 Å². The van der Waals surface area contributed by atoms with Crippen LogP contribution in [0.4, 0.5) is 13.2 Å². The van der Waals surface area contributed by atoms with Gasteiger partial charge in [-0.05, 0) is 37.9 Å².